The van der Waals surface area contributed by atoms with Crippen LogP contribution in [0.1, 0.15) is 76.4 Å². The molecule has 0 heterocycles. The summed E-state index contributed by atoms with van der Waals surface area (Å²) in [5.74, 6) is -0.0348. The zero-order valence-corrected chi connectivity index (χ0v) is 28.7. The van der Waals surface area contributed by atoms with Gasteiger partial charge in [-0.05, 0) is 125 Å². The number of amides is 2. The Kier molecular flexibility index (Phi) is 21.5. The molecule has 0 aromatic heterocycles. The summed E-state index contributed by atoms with van der Waals surface area (Å²) in [5.41, 5.74) is 13.3. The molecule has 2 amide bonds. The summed E-state index contributed by atoms with van der Waals surface area (Å²) < 4.78 is 0. The van der Waals surface area contributed by atoms with Gasteiger partial charge in [0.2, 0.25) is 11.8 Å². The summed E-state index contributed by atoms with van der Waals surface area (Å²) in [6.07, 6.45) is 0. The van der Waals surface area contributed by atoms with Crippen LogP contribution in [0.4, 0.5) is 0 Å². The van der Waals surface area contributed by atoms with Gasteiger partial charge in [-0.1, -0.05) is 0 Å². The van der Waals surface area contributed by atoms with Crippen molar-refractivity contribution in [2.75, 3.05) is 13.1 Å². The first-order chi connectivity index (χ1) is 14.8. The minimum absolute atomic E-state index is 0. The van der Waals surface area contributed by atoms with Crippen molar-refractivity contribution < 1.29 is 62.0 Å². The number of carbonyl (C=O) groups excluding carboxylic acids is 2. The molecule has 2 rings (SSSR count). The van der Waals surface area contributed by atoms with Gasteiger partial charge in [0.25, 0.3) is 0 Å². The van der Waals surface area contributed by atoms with Crippen LogP contribution < -0.4 is 10.6 Å². The van der Waals surface area contributed by atoms with E-state index in [2.05, 4.69) is 66.0 Å². The Morgan fingerprint density at radius 3 is 0.806 bits per heavy atom. The summed E-state index contributed by atoms with van der Waals surface area (Å²) in [7, 11) is 0. The second-order valence-electron chi connectivity index (χ2n) is 8.51. The summed E-state index contributed by atoms with van der Waals surface area (Å²) in [4.78, 5) is 23.9. The van der Waals surface area contributed by atoms with Crippen LogP contribution in [0.5, 0.6) is 0 Å². The first-order valence-corrected chi connectivity index (χ1v) is 11.1. The summed E-state index contributed by atoms with van der Waals surface area (Å²) in [6, 6.07) is 0. The first-order valence-electron chi connectivity index (χ1n) is 11.1. The Bertz CT molecular complexity index is 909. The van der Waals surface area contributed by atoms with E-state index < -0.39 is 0 Å². The van der Waals surface area contributed by atoms with Gasteiger partial charge in [0.1, 0.15) is 0 Å². The van der Waals surface area contributed by atoms with Crippen LogP contribution in [0.15, 0.2) is 0 Å². The van der Waals surface area contributed by atoms with Crippen LogP contribution >= 0.6 is 0 Å². The second kappa shape index (κ2) is 18.3. The van der Waals surface area contributed by atoms with Crippen LogP contribution in [0.25, 0.3) is 12.3 Å². The van der Waals surface area contributed by atoms with E-state index in [0.717, 1.165) is 33.4 Å². The predicted octanol–water partition coefficient (Wildman–Crippen LogP) is 7.01. The third-order valence-electron chi connectivity index (χ3n) is 7.03. The molecule has 0 saturated heterocycles. The van der Waals surface area contributed by atoms with Crippen molar-refractivity contribution in [3.05, 3.63) is 92.9 Å². The summed E-state index contributed by atoms with van der Waals surface area (Å²) in [6.45, 7) is 28.6. The number of hydrogen-bond acceptors (Lipinski definition) is 2. The molecule has 8 heteroatoms. The van der Waals surface area contributed by atoms with E-state index in [4.69, 9.17) is 0 Å². The predicted molar refractivity (Wildman–Crippen MR) is 146 cm³/mol. The molecule has 6 nitrogen and oxygen atoms in total. The molecule has 2 aromatic rings. The van der Waals surface area contributed by atoms with Gasteiger partial charge in [-0.2, -0.15) is 0 Å². The Balaban J connectivity index is -0.000000256. The Labute approximate surface area is 258 Å². The van der Waals surface area contributed by atoms with E-state index in [1.165, 1.54) is 33.4 Å². The van der Waals surface area contributed by atoms with Crippen LogP contribution in [0, 0.1) is 83.1 Å². The van der Waals surface area contributed by atoms with Crippen molar-refractivity contribution in [2.24, 2.45) is 0 Å². The maximum Gasteiger partial charge on any atom is 2.00 e. The van der Waals surface area contributed by atoms with Crippen molar-refractivity contribution in [3.63, 3.8) is 0 Å². The molecule has 0 aliphatic carbocycles. The Morgan fingerprint density at radius 2 is 0.639 bits per heavy atom. The van der Waals surface area contributed by atoms with Gasteiger partial charge in [0, 0.05) is 11.1 Å². The number of nitrogens with two attached hydrogens (primary N) is 2. The fraction of sp³-hybridized carbons (Fsp3) is 0.429. The SMILES string of the molecule is [CH2-]CNC(=O)c1c(C)c(C)c(C)c(C)c1C.[CH2-]CNC(=O)c1c(C)c(C)c(C)c(C)c1C.[NH2-].[NH2-].[Zr+2].[Zr+2]. The molecule has 0 atom stereocenters. The van der Waals surface area contributed by atoms with Gasteiger partial charge >= 0.3 is 52.4 Å². The molecule has 0 bridgehead atoms. The van der Waals surface area contributed by atoms with Crippen molar-refractivity contribution >= 4 is 11.8 Å². The van der Waals surface area contributed by atoms with Gasteiger partial charge in [0.05, 0.1) is 0 Å². The number of carbonyl (C=O) groups is 2. The standard InChI is InChI=1S/2C14H20NO.2H2N.2Zr/c2*1-7-15-14(16)13-11(5)9(3)8(2)10(4)12(13)6;;;;/h2*1,7H2,2-6H3,(H,15,16);2*1H2;;/q4*-1;2*+2. The molecule has 36 heavy (non-hydrogen) atoms. The van der Waals surface area contributed by atoms with Crippen molar-refractivity contribution in [1.82, 2.24) is 10.6 Å². The number of nitrogens with one attached hydrogen (secondary N) is 2. The largest absolute Gasteiger partial charge is 2.00 e. The number of benzene rings is 2. The van der Waals surface area contributed by atoms with Crippen molar-refractivity contribution in [1.29, 1.82) is 0 Å². The molecule has 2 aromatic carbocycles. The van der Waals surface area contributed by atoms with E-state index >= 15 is 0 Å². The van der Waals surface area contributed by atoms with Gasteiger partial charge in [-0.15, -0.1) is 13.1 Å². The normalized spacial score (nSPS) is 9.22. The molecule has 0 fully saturated rings. The maximum atomic E-state index is 12.0. The zero-order valence-electron chi connectivity index (χ0n) is 23.8. The molecule has 0 unspecified atom stereocenters. The molecule has 0 aliphatic heterocycles. The average Bonchev–Trinajstić information content (AvgIpc) is 2.74. The molecule has 6 N–H and O–H groups in total. The second-order valence-corrected chi connectivity index (χ2v) is 8.51. The number of hydrogen-bond donors (Lipinski definition) is 2. The van der Waals surface area contributed by atoms with Crippen molar-refractivity contribution in [3.8, 4) is 0 Å². The van der Waals surface area contributed by atoms with Gasteiger partial charge in [0.15, 0.2) is 0 Å². The number of rotatable bonds is 4. The molecule has 196 valence electrons. The topological polar surface area (TPSA) is 125 Å². The van der Waals surface area contributed by atoms with E-state index in [1.807, 2.05) is 27.7 Å². The van der Waals surface area contributed by atoms with E-state index in [0.29, 0.717) is 13.1 Å². The monoisotopic (exact) mass is 648 g/mol. The fourth-order valence-electron chi connectivity index (χ4n) is 4.09. The van der Waals surface area contributed by atoms with E-state index in [-0.39, 0.29) is 76.5 Å². The average molecular weight is 651 g/mol. The Morgan fingerprint density at radius 1 is 0.472 bits per heavy atom. The minimum Gasteiger partial charge on any atom is -0.693 e. The third kappa shape index (κ3) is 9.12. The molecule has 0 spiro atoms. The van der Waals surface area contributed by atoms with Gasteiger partial charge in [-0.3, -0.25) is 9.59 Å². The van der Waals surface area contributed by atoms with E-state index in [9.17, 15) is 9.59 Å². The first kappa shape index (κ1) is 42.2. The van der Waals surface area contributed by atoms with Gasteiger partial charge < -0.3 is 36.8 Å². The van der Waals surface area contributed by atoms with Crippen LogP contribution in [0.3, 0.4) is 0 Å². The van der Waals surface area contributed by atoms with Gasteiger partial charge in [-0.25, -0.2) is 0 Å². The molecular formula is C28H44N4O2Zr2. The van der Waals surface area contributed by atoms with Crippen LogP contribution in [-0.4, -0.2) is 24.9 Å². The smallest absolute Gasteiger partial charge is 0.693 e. The Hall–Kier alpha value is -0.934. The molecular weight excluding hydrogens is 607 g/mol. The molecule has 0 radical (unpaired) electrons. The molecule has 0 saturated carbocycles. The molecule has 0 aliphatic rings. The quantitative estimate of drug-likeness (QED) is 0.345. The third-order valence-corrected chi connectivity index (χ3v) is 7.03. The van der Waals surface area contributed by atoms with Crippen LogP contribution in [-0.2, 0) is 52.4 Å². The zero-order chi connectivity index (χ0) is 24.9. The fourth-order valence-corrected chi connectivity index (χ4v) is 4.09. The summed E-state index contributed by atoms with van der Waals surface area (Å²) >= 11 is 0. The van der Waals surface area contributed by atoms with Crippen molar-refractivity contribution in [2.45, 2.75) is 69.2 Å². The van der Waals surface area contributed by atoms with E-state index in [1.54, 1.807) is 0 Å². The summed E-state index contributed by atoms with van der Waals surface area (Å²) in [5, 5.41) is 5.53. The maximum absolute atomic E-state index is 12.0. The van der Waals surface area contributed by atoms with Crippen LogP contribution in [0.2, 0.25) is 0 Å². The minimum atomic E-state index is -0.0174.